The van der Waals surface area contributed by atoms with Crippen molar-refractivity contribution in [2.45, 2.75) is 12.8 Å². The van der Waals surface area contributed by atoms with E-state index < -0.39 is 0 Å². The van der Waals surface area contributed by atoms with Gasteiger partial charge in [-0.25, -0.2) is 0 Å². The smallest absolute Gasteiger partial charge is 0.200 e. The summed E-state index contributed by atoms with van der Waals surface area (Å²) in [6.07, 6.45) is 4.39. The van der Waals surface area contributed by atoms with Crippen LogP contribution in [0.1, 0.15) is 17.5 Å². The number of aromatic hydroxyl groups is 1. The fourth-order valence-corrected chi connectivity index (χ4v) is 2.19. The molecule has 0 saturated carbocycles. The zero-order valence-corrected chi connectivity index (χ0v) is 13.3. The maximum absolute atomic E-state index is 12.0. The van der Waals surface area contributed by atoms with Crippen LogP contribution in [-0.2, 0) is 11.2 Å². The normalized spacial score (nSPS) is 10.7. The van der Waals surface area contributed by atoms with Gasteiger partial charge in [0.1, 0.15) is 0 Å². The van der Waals surface area contributed by atoms with Gasteiger partial charge in [-0.3, -0.25) is 4.79 Å². The van der Waals surface area contributed by atoms with Gasteiger partial charge in [0, 0.05) is 6.42 Å². The van der Waals surface area contributed by atoms with Crippen LogP contribution in [0.25, 0.3) is 6.08 Å². The molecule has 2 rings (SSSR count). The lowest BCUT2D eigenvalue weighted by Gasteiger charge is -2.09. The van der Waals surface area contributed by atoms with Crippen molar-refractivity contribution in [3.05, 3.63) is 59.7 Å². The van der Waals surface area contributed by atoms with E-state index in [1.54, 1.807) is 18.2 Å². The van der Waals surface area contributed by atoms with Gasteiger partial charge in [0.05, 0.1) is 14.2 Å². The van der Waals surface area contributed by atoms with E-state index in [1.807, 2.05) is 30.3 Å². The van der Waals surface area contributed by atoms with Crippen molar-refractivity contribution >= 4 is 11.9 Å². The first kappa shape index (κ1) is 16.6. The van der Waals surface area contributed by atoms with E-state index in [1.165, 1.54) is 20.3 Å². The number of benzene rings is 2. The van der Waals surface area contributed by atoms with Gasteiger partial charge in [-0.15, -0.1) is 0 Å². The molecule has 120 valence electrons. The van der Waals surface area contributed by atoms with Crippen molar-refractivity contribution in [1.82, 2.24) is 0 Å². The Labute approximate surface area is 136 Å². The van der Waals surface area contributed by atoms with Crippen LogP contribution >= 0.6 is 0 Å². The van der Waals surface area contributed by atoms with Crippen molar-refractivity contribution in [3.63, 3.8) is 0 Å². The molecule has 0 aromatic heterocycles. The fraction of sp³-hybridized carbons (Fsp3) is 0.211. The van der Waals surface area contributed by atoms with Crippen molar-refractivity contribution < 1.29 is 19.4 Å². The quantitative estimate of drug-likeness (QED) is 0.793. The van der Waals surface area contributed by atoms with Crippen LogP contribution in [0.2, 0.25) is 0 Å². The fourth-order valence-electron chi connectivity index (χ4n) is 2.19. The van der Waals surface area contributed by atoms with Gasteiger partial charge >= 0.3 is 0 Å². The molecule has 4 heteroatoms. The highest BCUT2D eigenvalue weighted by Gasteiger charge is 2.10. The van der Waals surface area contributed by atoms with E-state index in [0.29, 0.717) is 24.3 Å². The minimum absolute atomic E-state index is 0.0415. The topological polar surface area (TPSA) is 55.8 Å². The van der Waals surface area contributed by atoms with Crippen LogP contribution in [0, 0.1) is 0 Å². The lowest BCUT2D eigenvalue weighted by Crippen LogP contribution is -1.96. The zero-order chi connectivity index (χ0) is 16.7. The molecule has 0 aliphatic carbocycles. The molecule has 2 aromatic carbocycles. The van der Waals surface area contributed by atoms with Crippen LogP contribution in [0.15, 0.2) is 48.5 Å². The monoisotopic (exact) mass is 312 g/mol. The minimum Gasteiger partial charge on any atom is -0.502 e. The predicted octanol–water partition coefficient (Wildman–Crippen LogP) is 3.62. The van der Waals surface area contributed by atoms with Crippen molar-refractivity contribution in [1.29, 1.82) is 0 Å². The number of carbonyl (C=O) groups excluding carboxylic acids is 1. The average Bonchev–Trinajstić information content (AvgIpc) is 2.59. The molecule has 0 aliphatic rings. The Morgan fingerprint density at radius 3 is 2.26 bits per heavy atom. The van der Waals surface area contributed by atoms with E-state index in [9.17, 15) is 9.90 Å². The zero-order valence-electron chi connectivity index (χ0n) is 13.3. The summed E-state index contributed by atoms with van der Waals surface area (Å²) in [5.74, 6) is 0.601. The third kappa shape index (κ3) is 4.61. The molecule has 0 amide bonds. The van der Waals surface area contributed by atoms with E-state index in [2.05, 4.69) is 0 Å². The Morgan fingerprint density at radius 1 is 1.09 bits per heavy atom. The Morgan fingerprint density at radius 2 is 1.70 bits per heavy atom. The number of ketones is 1. The summed E-state index contributed by atoms with van der Waals surface area (Å²) in [4.78, 5) is 12.0. The second kappa shape index (κ2) is 8.03. The van der Waals surface area contributed by atoms with E-state index in [4.69, 9.17) is 9.47 Å². The summed E-state index contributed by atoms with van der Waals surface area (Å²) in [6, 6.07) is 13.2. The molecule has 0 saturated heterocycles. The van der Waals surface area contributed by atoms with Crippen molar-refractivity contribution in [2.24, 2.45) is 0 Å². The molecule has 0 atom stereocenters. The second-order valence-electron chi connectivity index (χ2n) is 5.06. The summed E-state index contributed by atoms with van der Waals surface area (Å²) in [6.45, 7) is 0. The lowest BCUT2D eigenvalue weighted by atomic mass is 10.1. The van der Waals surface area contributed by atoms with Crippen LogP contribution in [0.5, 0.6) is 17.2 Å². The highest BCUT2D eigenvalue weighted by Crippen LogP contribution is 2.37. The number of methoxy groups -OCH3 is 2. The predicted molar refractivity (Wildman–Crippen MR) is 90.0 cm³/mol. The van der Waals surface area contributed by atoms with Crippen LogP contribution in [0.3, 0.4) is 0 Å². The Balaban J connectivity index is 2.03. The number of phenolic OH excluding ortho intramolecular Hbond substituents is 1. The molecule has 0 fully saturated rings. The van der Waals surface area contributed by atoms with Gasteiger partial charge < -0.3 is 14.6 Å². The standard InChI is InChI=1S/C19H20O4/c1-22-17-12-15(13-18(23-2)19(17)21)9-11-16(20)10-8-14-6-4-3-5-7-14/h3-7,9,11-13,21H,8,10H2,1-2H3/b11-9+. The molecule has 1 N–H and O–H groups in total. The summed E-state index contributed by atoms with van der Waals surface area (Å²) >= 11 is 0. The number of hydrogen-bond acceptors (Lipinski definition) is 4. The van der Waals surface area contributed by atoms with E-state index in [-0.39, 0.29) is 11.5 Å². The van der Waals surface area contributed by atoms with Crippen molar-refractivity contribution in [2.75, 3.05) is 14.2 Å². The maximum Gasteiger partial charge on any atom is 0.200 e. The number of rotatable bonds is 7. The SMILES string of the molecule is COc1cc(/C=C/C(=O)CCc2ccccc2)cc(OC)c1O. The van der Waals surface area contributed by atoms with Gasteiger partial charge in [-0.05, 0) is 35.8 Å². The number of hydrogen-bond donors (Lipinski definition) is 1. The van der Waals surface area contributed by atoms with Gasteiger partial charge in [0.15, 0.2) is 17.3 Å². The molecule has 0 bridgehead atoms. The van der Waals surface area contributed by atoms with Gasteiger partial charge in [0.25, 0.3) is 0 Å². The van der Waals surface area contributed by atoms with E-state index in [0.717, 1.165) is 11.1 Å². The minimum atomic E-state index is -0.0532. The molecule has 2 aromatic rings. The van der Waals surface area contributed by atoms with Gasteiger partial charge in [-0.2, -0.15) is 0 Å². The summed E-state index contributed by atoms with van der Waals surface area (Å²) < 4.78 is 10.2. The van der Waals surface area contributed by atoms with Crippen LogP contribution in [0.4, 0.5) is 0 Å². The highest BCUT2D eigenvalue weighted by molar-refractivity contribution is 5.93. The Hall–Kier alpha value is -2.75. The summed E-state index contributed by atoms with van der Waals surface area (Å²) in [5, 5.41) is 9.86. The molecule has 0 unspecified atom stereocenters. The number of ether oxygens (including phenoxy) is 2. The summed E-state index contributed by atoms with van der Waals surface area (Å²) in [5.41, 5.74) is 1.87. The average molecular weight is 312 g/mol. The first-order valence-electron chi connectivity index (χ1n) is 7.34. The third-order valence-electron chi connectivity index (χ3n) is 3.47. The lowest BCUT2D eigenvalue weighted by molar-refractivity contribution is -0.114. The van der Waals surface area contributed by atoms with Crippen LogP contribution < -0.4 is 9.47 Å². The number of allylic oxidation sites excluding steroid dienone is 1. The maximum atomic E-state index is 12.0. The first-order chi connectivity index (χ1) is 11.1. The Bertz CT molecular complexity index is 665. The number of aryl methyl sites for hydroxylation is 1. The number of carbonyl (C=O) groups is 1. The summed E-state index contributed by atoms with van der Waals surface area (Å²) in [7, 11) is 2.93. The van der Waals surface area contributed by atoms with Crippen molar-refractivity contribution in [3.8, 4) is 17.2 Å². The van der Waals surface area contributed by atoms with Gasteiger partial charge in [0.2, 0.25) is 5.75 Å². The molecular weight excluding hydrogens is 292 g/mol. The molecule has 0 aliphatic heterocycles. The molecule has 23 heavy (non-hydrogen) atoms. The second-order valence-corrected chi connectivity index (χ2v) is 5.06. The highest BCUT2D eigenvalue weighted by atomic mass is 16.5. The number of phenols is 1. The molecule has 0 heterocycles. The molecule has 0 spiro atoms. The first-order valence-corrected chi connectivity index (χ1v) is 7.34. The Kier molecular flexibility index (Phi) is 5.80. The largest absolute Gasteiger partial charge is 0.502 e. The molecule has 0 radical (unpaired) electrons. The third-order valence-corrected chi connectivity index (χ3v) is 3.47. The van der Waals surface area contributed by atoms with E-state index >= 15 is 0 Å². The van der Waals surface area contributed by atoms with Gasteiger partial charge in [-0.1, -0.05) is 36.4 Å². The van der Waals surface area contributed by atoms with Crippen LogP contribution in [-0.4, -0.2) is 25.1 Å². The molecular formula is C19H20O4. The molecule has 4 nitrogen and oxygen atoms in total.